The molecule has 0 fully saturated rings. The van der Waals surface area contributed by atoms with Gasteiger partial charge in [-0.25, -0.2) is 9.59 Å². The smallest absolute Gasteiger partial charge is 0.337 e. The van der Waals surface area contributed by atoms with Crippen LogP contribution in [-0.4, -0.2) is 28.0 Å². The van der Waals surface area contributed by atoms with Crippen molar-refractivity contribution in [2.75, 3.05) is 7.11 Å². The molecular weight excluding hydrogens is 344 g/mol. The summed E-state index contributed by atoms with van der Waals surface area (Å²) in [7, 11) is 1.32. The number of imidazole rings is 1. The quantitative estimate of drug-likeness (QED) is 0.314. The highest BCUT2D eigenvalue weighted by Crippen LogP contribution is 2.12. The highest BCUT2D eigenvalue weighted by atomic mass is 16.5. The molecule has 3 N–H and O–H groups in total. The Bertz CT molecular complexity index is 1060. The van der Waals surface area contributed by atoms with Gasteiger partial charge in [0.15, 0.2) is 0 Å². The highest BCUT2D eigenvalue weighted by Gasteiger charge is 2.07. The SMILES string of the molecule is COC(=O)/C=C/c1ccc(-n2ccn(-c3ccc(C(=N)N)cc3)c2=O)cc1. The molecule has 0 saturated carbocycles. The predicted molar refractivity (Wildman–Crippen MR) is 103 cm³/mol. The van der Waals surface area contributed by atoms with E-state index in [1.54, 1.807) is 67.0 Å². The number of benzene rings is 2. The Morgan fingerprint density at radius 3 is 2.00 bits per heavy atom. The van der Waals surface area contributed by atoms with Crippen molar-refractivity contribution in [2.45, 2.75) is 0 Å². The third kappa shape index (κ3) is 3.87. The van der Waals surface area contributed by atoms with E-state index in [0.717, 1.165) is 5.56 Å². The van der Waals surface area contributed by atoms with Gasteiger partial charge in [-0.3, -0.25) is 14.5 Å². The first-order valence-electron chi connectivity index (χ1n) is 8.11. The summed E-state index contributed by atoms with van der Waals surface area (Å²) in [5.41, 5.74) is 8.03. The van der Waals surface area contributed by atoms with Gasteiger partial charge in [0, 0.05) is 24.0 Å². The summed E-state index contributed by atoms with van der Waals surface area (Å²) in [5.74, 6) is -0.448. The lowest BCUT2D eigenvalue weighted by molar-refractivity contribution is -0.134. The van der Waals surface area contributed by atoms with E-state index in [1.165, 1.54) is 22.3 Å². The average Bonchev–Trinajstić information content (AvgIpc) is 3.08. The molecule has 0 aliphatic heterocycles. The van der Waals surface area contributed by atoms with Crippen molar-refractivity contribution >= 4 is 17.9 Å². The molecule has 0 atom stereocenters. The van der Waals surface area contributed by atoms with Gasteiger partial charge in [0.25, 0.3) is 0 Å². The fraction of sp³-hybridized carbons (Fsp3) is 0.0500. The summed E-state index contributed by atoms with van der Waals surface area (Å²) in [6.45, 7) is 0. The Morgan fingerprint density at radius 2 is 1.52 bits per heavy atom. The molecule has 27 heavy (non-hydrogen) atoms. The van der Waals surface area contributed by atoms with Crippen LogP contribution in [0, 0.1) is 5.41 Å². The van der Waals surface area contributed by atoms with Gasteiger partial charge in [-0.1, -0.05) is 12.1 Å². The van der Waals surface area contributed by atoms with E-state index in [-0.39, 0.29) is 11.5 Å². The number of hydrogen-bond acceptors (Lipinski definition) is 4. The van der Waals surface area contributed by atoms with Gasteiger partial charge in [-0.2, -0.15) is 0 Å². The Kier molecular flexibility index (Phi) is 5.03. The highest BCUT2D eigenvalue weighted by molar-refractivity contribution is 5.95. The number of esters is 1. The molecule has 1 heterocycles. The summed E-state index contributed by atoms with van der Waals surface area (Å²) in [4.78, 5) is 23.8. The third-order valence-electron chi connectivity index (χ3n) is 4.02. The lowest BCUT2D eigenvalue weighted by atomic mass is 10.2. The minimum atomic E-state index is -0.428. The van der Waals surface area contributed by atoms with E-state index in [4.69, 9.17) is 11.1 Å². The molecule has 3 rings (SSSR count). The Labute approximate surface area is 155 Å². The molecule has 7 heteroatoms. The lowest BCUT2D eigenvalue weighted by Gasteiger charge is -2.04. The molecule has 0 unspecified atom stereocenters. The van der Waals surface area contributed by atoms with Crippen molar-refractivity contribution in [3.63, 3.8) is 0 Å². The maximum atomic E-state index is 12.7. The number of nitrogens with zero attached hydrogens (tertiary/aromatic N) is 2. The van der Waals surface area contributed by atoms with Gasteiger partial charge < -0.3 is 10.5 Å². The monoisotopic (exact) mass is 362 g/mol. The zero-order chi connectivity index (χ0) is 19.4. The lowest BCUT2D eigenvalue weighted by Crippen LogP contribution is -2.21. The van der Waals surface area contributed by atoms with Crippen LogP contribution in [-0.2, 0) is 9.53 Å². The van der Waals surface area contributed by atoms with Crippen LogP contribution in [0.2, 0.25) is 0 Å². The molecule has 3 aromatic rings. The van der Waals surface area contributed by atoms with Crippen LogP contribution in [0.4, 0.5) is 0 Å². The second-order valence-electron chi connectivity index (χ2n) is 5.73. The number of rotatable bonds is 5. The zero-order valence-electron chi connectivity index (χ0n) is 14.6. The Hall–Kier alpha value is -3.87. The third-order valence-corrected chi connectivity index (χ3v) is 4.02. The molecule has 1 aromatic heterocycles. The fourth-order valence-corrected chi connectivity index (χ4v) is 2.55. The molecule has 136 valence electrons. The molecule has 2 aromatic carbocycles. The maximum absolute atomic E-state index is 12.7. The van der Waals surface area contributed by atoms with Gasteiger partial charge in [0.1, 0.15) is 5.84 Å². The summed E-state index contributed by atoms with van der Waals surface area (Å²) in [5, 5.41) is 7.43. The number of carbonyl (C=O) groups is 1. The summed E-state index contributed by atoms with van der Waals surface area (Å²) in [6, 6.07) is 14.1. The van der Waals surface area contributed by atoms with Crippen LogP contribution in [0.15, 0.2) is 71.8 Å². The topological polar surface area (TPSA) is 103 Å². The fourth-order valence-electron chi connectivity index (χ4n) is 2.55. The van der Waals surface area contributed by atoms with E-state index in [0.29, 0.717) is 16.9 Å². The molecule has 0 radical (unpaired) electrons. The molecule has 0 saturated heterocycles. The number of methoxy groups -OCH3 is 1. The zero-order valence-corrected chi connectivity index (χ0v) is 14.6. The maximum Gasteiger partial charge on any atom is 0.337 e. The number of carbonyl (C=O) groups excluding carboxylic acids is 1. The molecule has 0 bridgehead atoms. The summed E-state index contributed by atoms with van der Waals surface area (Å²) < 4.78 is 7.58. The van der Waals surface area contributed by atoms with Crippen LogP contribution >= 0.6 is 0 Å². The first kappa shape index (κ1) is 17.9. The normalized spacial score (nSPS) is 10.9. The first-order valence-corrected chi connectivity index (χ1v) is 8.11. The van der Waals surface area contributed by atoms with Crippen LogP contribution < -0.4 is 11.4 Å². The predicted octanol–water partition coefficient (Wildman–Crippen LogP) is 2.10. The summed E-state index contributed by atoms with van der Waals surface area (Å²) in [6.07, 6.45) is 6.33. The van der Waals surface area contributed by atoms with E-state index in [9.17, 15) is 9.59 Å². The molecule has 0 aliphatic carbocycles. The van der Waals surface area contributed by atoms with Crippen molar-refractivity contribution in [2.24, 2.45) is 5.73 Å². The van der Waals surface area contributed by atoms with Crippen molar-refractivity contribution in [1.29, 1.82) is 5.41 Å². The molecule has 0 amide bonds. The van der Waals surface area contributed by atoms with Crippen molar-refractivity contribution < 1.29 is 9.53 Å². The Balaban J connectivity index is 1.87. The van der Waals surface area contributed by atoms with Crippen LogP contribution in [0.1, 0.15) is 11.1 Å². The van der Waals surface area contributed by atoms with Gasteiger partial charge in [0.05, 0.1) is 18.5 Å². The largest absolute Gasteiger partial charge is 0.466 e. The van der Waals surface area contributed by atoms with Crippen LogP contribution in [0.3, 0.4) is 0 Å². The van der Waals surface area contributed by atoms with Crippen molar-refractivity contribution in [1.82, 2.24) is 9.13 Å². The first-order chi connectivity index (χ1) is 13.0. The molecule has 0 aliphatic rings. The number of aromatic nitrogens is 2. The standard InChI is InChI=1S/C20H18N4O3/c1-27-18(25)11-4-14-2-7-16(8-3-14)23-12-13-24(20(23)26)17-9-5-15(6-10-17)19(21)22/h2-13H,1H3,(H3,21,22)/b11-4+. The molecule has 0 spiro atoms. The van der Waals surface area contributed by atoms with Crippen LogP contribution in [0.25, 0.3) is 17.5 Å². The number of ether oxygens (including phenoxy) is 1. The van der Waals surface area contributed by atoms with E-state index in [1.807, 2.05) is 0 Å². The number of amidine groups is 1. The number of nitrogens with one attached hydrogen (secondary N) is 1. The second-order valence-corrected chi connectivity index (χ2v) is 5.73. The van der Waals surface area contributed by atoms with Gasteiger partial charge in [-0.05, 0) is 48.0 Å². The minimum Gasteiger partial charge on any atom is -0.466 e. The second kappa shape index (κ2) is 7.57. The molecular formula is C20H18N4O3. The minimum absolute atomic E-state index is 0.0206. The molecule has 7 nitrogen and oxygen atoms in total. The van der Waals surface area contributed by atoms with Gasteiger partial charge >= 0.3 is 11.7 Å². The van der Waals surface area contributed by atoms with Crippen LogP contribution in [0.5, 0.6) is 0 Å². The Morgan fingerprint density at radius 1 is 1.00 bits per heavy atom. The number of nitrogen functional groups attached to an aromatic ring is 1. The van der Waals surface area contributed by atoms with Gasteiger partial charge in [-0.15, -0.1) is 0 Å². The number of hydrogen-bond donors (Lipinski definition) is 2. The van der Waals surface area contributed by atoms with E-state index < -0.39 is 5.97 Å². The van der Waals surface area contributed by atoms with Crippen molar-refractivity contribution in [3.8, 4) is 11.4 Å². The average molecular weight is 362 g/mol. The van der Waals surface area contributed by atoms with E-state index in [2.05, 4.69) is 4.74 Å². The summed E-state index contributed by atoms with van der Waals surface area (Å²) >= 11 is 0. The van der Waals surface area contributed by atoms with Crippen molar-refractivity contribution in [3.05, 3.63) is 88.6 Å². The number of nitrogens with two attached hydrogens (primary N) is 1. The van der Waals surface area contributed by atoms with E-state index >= 15 is 0 Å². The van der Waals surface area contributed by atoms with Gasteiger partial charge in [0.2, 0.25) is 0 Å².